The maximum Gasteiger partial charge on any atom is 0.341 e. The molecule has 4 rings (SSSR count). The standard InChI is InChI=1S/C28H27N3O5/c1-3-8-21-22(14-18-9-7-12-20(13-18)19-10-5-4-6-11-19)31-15-17(2)30-28(36-16-23(32)33)25(31)24(21)26(34)27(29)35/h4-7,9-13,15H,3,8,14,16H2,1-2H3,(H2,29,35)(H,32,33). The number of amides is 1. The molecule has 0 radical (unpaired) electrons. The third kappa shape index (κ3) is 4.98. The average molecular weight is 486 g/mol. The number of benzene rings is 2. The fourth-order valence-corrected chi connectivity index (χ4v) is 4.46. The van der Waals surface area contributed by atoms with Gasteiger partial charge in [0.1, 0.15) is 5.52 Å². The third-order valence-electron chi connectivity index (χ3n) is 5.90. The summed E-state index contributed by atoms with van der Waals surface area (Å²) in [7, 11) is 0. The van der Waals surface area contributed by atoms with Crippen LogP contribution >= 0.6 is 0 Å². The molecule has 4 aromatic rings. The quantitative estimate of drug-likeness (QED) is 0.259. The van der Waals surface area contributed by atoms with Gasteiger partial charge in [-0.15, -0.1) is 0 Å². The first-order valence-corrected chi connectivity index (χ1v) is 11.7. The van der Waals surface area contributed by atoms with E-state index in [1.807, 2.05) is 55.5 Å². The van der Waals surface area contributed by atoms with Crippen molar-refractivity contribution in [1.82, 2.24) is 9.38 Å². The molecule has 0 bridgehead atoms. The van der Waals surface area contributed by atoms with E-state index in [1.165, 1.54) is 0 Å². The number of aromatic nitrogens is 2. The Morgan fingerprint density at radius 1 is 1.06 bits per heavy atom. The van der Waals surface area contributed by atoms with Crippen LogP contribution < -0.4 is 10.5 Å². The van der Waals surface area contributed by atoms with Crippen molar-refractivity contribution in [2.24, 2.45) is 5.73 Å². The van der Waals surface area contributed by atoms with Crippen LogP contribution in [0.1, 0.15) is 46.2 Å². The molecule has 184 valence electrons. The molecule has 0 aliphatic heterocycles. The number of ketones is 1. The van der Waals surface area contributed by atoms with Crippen LogP contribution in [0.25, 0.3) is 16.6 Å². The number of nitrogens with zero attached hydrogens (tertiary/aromatic N) is 2. The van der Waals surface area contributed by atoms with E-state index in [9.17, 15) is 14.4 Å². The van der Waals surface area contributed by atoms with Crippen LogP contribution in [0.3, 0.4) is 0 Å². The van der Waals surface area contributed by atoms with Gasteiger partial charge in [-0.3, -0.25) is 9.59 Å². The van der Waals surface area contributed by atoms with Gasteiger partial charge in [0.25, 0.3) is 11.7 Å². The first-order valence-electron chi connectivity index (χ1n) is 11.7. The van der Waals surface area contributed by atoms with Gasteiger partial charge < -0.3 is 20.0 Å². The summed E-state index contributed by atoms with van der Waals surface area (Å²) in [6.45, 7) is 3.09. The van der Waals surface area contributed by atoms with E-state index in [0.717, 1.165) is 22.4 Å². The van der Waals surface area contributed by atoms with E-state index in [2.05, 4.69) is 11.1 Å². The van der Waals surface area contributed by atoms with Crippen LogP contribution in [-0.4, -0.2) is 38.8 Å². The maximum atomic E-state index is 13.0. The zero-order chi connectivity index (χ0) is 25.8. The number of carbonyl (C=O) groups is 3. The summed E-state index contributed by atoms with van der Waals surface area (Å²) in [5.74, 6) is -3.16. The SMILES string of the molecule is CCCc1c(C(=O)C(N)=O)c2c(OCC(=O)O)nc(C)cn2c1Cc1cccc(-c2ccccc2)c1. The Balaban J connectivity index is 1.94. The van der Waals surface area contributed by atoms with E-state index in [-0.39, 0.29) is 17.0 Å². The summed E-state index contributed by atoms with van der Waals surface area (Å²) in [5, 5.41) is 9.14. The number of Topliss-reactive ketones (excluding diaryl/α,β-unsaturated/α-hetero) is 1. The second-order valence-electron chi connectivity index (χ2n) is 8.58. The summed E-state index contributed by atoms with van der Waals surface area (Å²) in [6.07, 6.45) is 3.45. The zero-order valence-corrected chi connectivity index (χ0v) is 20.2. The van der Waals surface area contributed by atoms with Crippen molar-refractivity contribution in [2.75, 3.05) is 6.61 Å². The van der Waals surface area contributed by atoms with Crippen molar-refractivity contribution in [3.8, 4) is 17.0 Å². The highest BCUT2D eigenvalue weighted by Gasteiger charge is 2.29. The second kappa shape index (κ2) is 10.4. The number of ether oxygens (including phenoxy) is 1. The van der Waals surface area contributed by atoms with Gasteiger partial charge >= 0.3 is 5.97 Å². The van der Waals surface area contributed by atoms with Gasteiger partial charge in [-0.25, -0.2) is 9.78 Å². The largest absolute Gasteiger partial charge is 0.479 e. The number of aryl methyl sites for hydroxylation is 1. The number of fused-ring (bicyclic) bond motifs is 1. The molecular formula is C28H27N3O5. The molecule has 0 atom stereocenters. The molecule has 2 aromatic carbocycles. The maximum absolute atomic E-state index is 13.0. The fourth-order valence-electron chi connectivity index (χ4n) is 4.46. The van der Waals surface area contributed by atoms with Crippen molar-refractivity contribution in [1.29, 1.82) is 0 Å². The zero-order valence-electron chi connectivity index (χ0n) is 20.2. The highest BCUT2D eigenvalue weighted by Crippen LogP contribution is 2.33. The molecule has 2 aromatic heterocycles. The molecule has 36 heavy (non-hydrogen) atoms. The summed E-state index contributed by atoms with van der Waals surface area (Å²) < 4.78 is 7.26. The van der Waals surface area contributed by atoms with Gasteiger partial charge in [0.05, 0.1) is 11.3 Å². The number of primary amides is 1. The second-order valence-corrected chi connectivity index (χ2v) is 8.58. The Morgan fingerprint density at radius 2 is 1.78 bits per heavy atom. The fraction of sp³-hybridized carbons (Fsp3) is 0.214. The normalized spacial score (nSPS) is 10.9. The monoisotopic (exact) mass is 485 g/mol. The predicted molar refractivity (Wildman–Crippen MR) is 135 cm³/mol. The molecule has 0 saturated heterocycles. The predicted octanol–water partition coefficient (Wildman–Crippen LogP) is 3.98. The Labute approximate surface area is 208 Å². The molecule has 8 nitrogen and oxygen atoms in total. The van der Waals surface area contributed by atoms with Crippen molar-refractivity contribution in [3.05, 3.63) is 88.9 Å². The smallest absolute Gasteiger partial charge is 0.341 e. The Bertz CT molecular complexity index is 1460. The van der Waals surface area contributed by atoms with E-state index in [0.29, 0.717) is 30.5 Å². The number of nitrogens with two attached hydrogens (primary N) is 1. The molecule has 0 fully saturated rings. The molecule has 1 amide bonds. The van der Waals surface area contributed by atoms with Gasteiger partial charge in [-0.05, 0) is 35.6 Å². The van der Waals surface area contributed by atoms with Gasteiger partial charge in [0.2, 0.25) is 5.88 Å². The Morgan fingerprint density at radius 3 is 2.44 bits per heavy atom. The van der Waals surface area contributed by atoms with Crippen LogP contribution in [-0.2, 0) is 22.4 Å². The van der Waals surface area contributed by atoms with Crippen LogP contribution in [0.15, 0.2) is 60.8 Å². The average Bonchev–Trinajstić information content (AvgIpc) is 3.15. The van der Waals surface area contributed by atoms with Crippen molar-refractivity contribution >= 4 is 23.2 Å². The van der Waals surface area contributed by atoms with Crippen LogP contribution in [0.5, 0.6) is 5.88 Å². The minimum absolute atomic E-state index is 0.0244. The number of aliphatic carboxylic acids is 1. The molecule has 3 N–H and O–H groups in total. The van der Waals surface area contributed by atoms with Gasteiger partial charge in [-0.2, -0.15) is 0 Å². The first kappa shape index (κ1) is 24.7. The lowest BCUT2D eigenvalue weighted by Crippen LogP contribution is -2.24. The summed E-state index contributed by atoms with van der Waals surface area (Å²) >= 11 is 0. The van der Waals surface area contributed by atoms with Gasteiger partial charge in [-0.1, -0.05) is 67.9 Å². The minimum Gasteiger partial charge on any atom is -0.479 e. The lowest BCUT2D eigenvalue weighted by atomic mass is 9.96. The van der Waals surface area contributed by atoms with E-state index in [1.54, 1.807) is 17.5 Å². The summed E-state index contributed by atoms with van der Waals surface area (Å²) in [5.41, 5.74) is 11.0. The minimum atomic E-state index is -1.18. The Kier molecular flexibility index (Phi) is 7.15. The molecule has 0 spiro atoms. The van der Waals surface area contributed by atoms with Crippen LogP contribution in [0, 0.1) is 6.92 Å². The first-order chi connectivity index (χ1) is 17.3. The molecule has 0 aliphatic rings. The number of carboxylic acid groups (broad SMARTS) is 1. The third-order valence-corrected chi connectivity index (χ3v) is 5.90. The van der Waals surface area contributed by atoms with E-state index in [4.69, 9.17) is 15.6 Å². The van der Waals surface area contributed by atoms with Gasteiger partial charge in [0.15, 0.2) is 6.61 Å². The van der Waals surface area contributed by atoms with E-state index >= 15 is 0 Å². The van der Waals surface area contributed by atoms with Crippen LogP contribution in [0.4, 0.5) is 0 Å². The molecular weight excluding hydrogens is 458 g/mol. The topological polar surface area (TPSA) is 124 Å². The van der Waals surface area contributed by atoms with Crippen molar-refractivity contribution in [2.45, 2.75) is 33.1 Å². The number of hydrogen-bond acceptors (Lipinski definition) is 5. The lowest BCUT2D eigenvalue weighted by molar-refractivity contribution is -0.139. The van der Waals surface area contributed by atoms with E-state index < -0.39 is 24.3 Å². The molecule has 0 aliphatic carbocycles. The lowest BCUT2D eigenvalue weighted by Gasteiger charge is -2.11. The molecule has 0 saturated carbocycles. The number of rotatable bonds is 10. The van der Waals surface area contributed by atoms with Crippen molar-refractivity contribution < 1.29 is 24.2 Å². The molecule has 0 unspecified atom stereocenters. The Hall–Kier alpha value is -4.46. The number of carbonyl (C=O) groups excluding carboxylic acids is 2. The molecule has 2 heterocycles. The highest BCUT2D eigenvalue weighted by atomic mass is 16.5. The number of hydrogen-bond donors (Lipinski definition) is 2. The highest BCUT2D eigenvalue weighted by molar-refractivity contribution is 6.44. The van der Waals surface area contributed by atoms with Crippen molar-refractivity contribution in [3.63, 3.8) is 0 Å². The van der Waals surface area contributed by atoms with Crippen LogP contribution in [0.2, 0.25) is 0 Å². The molecule has 8 heteroatoms. The summed E-state index contributed by atoms with van der Waals surface area (Å²) in [4.78, 5) is 40.6. The summed E-state index contributed by atoms with van der Waals surface area (Å²) in [6, 6.07) is 18.1. The number of carboxylic acids is 1. The van der Waals surface area contributed by atoms with Gasteiger partial charge in [0, 0.05) is 18.3 Å².